The molecule has 1 fully saturated rings. The molecule has 0 aliphatic carbocycles. The molecule has 0 radical (unpaired) electrons. The van der Waals surface area contributed by atoms with Crippen molar-refractivity contribution >= 4 is 11.6 Å². The van der Waals surface area contributed by atoms with E-state index in [9.17, 15) is 0 Å². The number of ether oxygens (including phenoxy) is 1. The molecule has 20 heavy (non-hydrogen) atoms. The van der Waals surface area contributed by atoms with Crippen LogP contribution in [-0.2, 0) is 11.2 Å². The summed E-state index contributed by atoms with van der Waals surface area (Å²) in [5.41, 5.74) is 6.66. The van der Waals surface area contributed by atoms with Crippen molar-refractivity contribution in [1.82, 2.24) is 10.2 Å². The van der Waals surface area contributed by atoms with Crippen LogP contribution in [0.15, 0.2) is 28.7 Å². The van der Waals surface area contributed by atoms with Crippen molar-refractivity contribution in [2.75, 3.05) is 6.61 Å². The van der Waals surface area contributed by atoms with Crippen LogP contribution in [0, 0.1) is 0 Å². The first-order valence-electron chi connectivity index (χ1n) is 6.66. The van der Waals surface area contributed by atoms with Crippen molar-refractivity contribution in [2.45, 2.75) is 31.4 Å². The van der Waals surface area contributed by atoms with Crippen LogP contribution < -0.4 is 5.73 Å². The van der Waals surface area contributed by atoms with Gasteiger partial charge < -0.3 is 14.9 Å². The van der Waals surface area contributed by atoms with E-state index in [0.717, 1.165) is 18.4 Å². The minimum absolute atomic E-state index is 0.119. The summed E-state index contributed by atoms with van der Waals surface area (Å²) in [4.78, 5) is 0. The highest BCUT2D eigenvalue weighted by atomic mass is 35.5. The number of nitrogens with two attached hydrogens (primary N) is 1. The van der Waals surface area contributed by atoms with E-state index in [1.165, 1.54) is 0 Å². The second-order valence-corrected chi connectivity index (χ2v) is 5.44. The topological polar surface area (TPSA) is 74.2 Å². The normalized spacial score (nSPS) is 22.9. The Morgan fingerprint density at radius 1 is 1.20 bits per heavy atom. The molecule has 0 saturated carbocycles. The van der Waals surface area contributed by atoms with Gasteiger partial charge in [-0.1, -0.05) is 11.6 Å². The maximum atomic E-state index is 5.85. The van der Waals surface area contributed by atoms with Crippen LogP contribution in [0.3, 0.4) is 0 Å². The zero-order chi connectivity index (χ0) is 13.9. The molecule has 1 aliphatic heterocycles. The molecule has 1 aliphatic rings. The summed E-state index contributed by atoms with van der Waals surface area (Å²) in [7, 11) is 0. The third-order valence-corrected chi connectivity index (χ3v) is 3.62. The quantitative estimate of drug-likeness (QED) is 0.941. The third kappa shape index (κ3) is 3.17. The molecule has 0 bridgehead atoms. The molecule has 6 heteroatoms. The minimum Gasteiger partial charge on any atom is -0.421 e. The Balaban J connectivity index is 1.66. The van der Waals surface area contributed by atoms with E-state index in [-0.39, 0.29) is 12.1 Å². The van der Waals surface area contributed by atoms with Crippen molar-refractivity contribution in [3.05, 3.63) is 35.2 Å². The Morgan fingerprint density at radius 3 is 2.70 bits per heavy atom. The Bertz CT molecular complexity index is 562. The predicted molar refractivity (Wildman–Crippen MR) is 75.4 cm³/mol. The molecule has 2 aromatic rings. The fraction of sp³-hybridized carbons (Fsp3) is 0.429. The molecular formula is C14H16ClN3O2. The molecule has 3 rings (SSSR count). The van der Waals surface area contributed by atoms with Crippen molar-refractivity contribution in [2.24, 2.45) is 5.73 Å². The van der Waals surface area contributed by atoms with Gasteiger partial charge in [-0.2, -0.15) is 0 Å². The smallest absolute Gasteiger partial charge is 0.247 e. The Labute approximate surface area is 122 Å². The molecular weight excluding hydrogens is 278 g/mol. The lowest BCUT2D eigenvalue weighted by Gasteiger charge is -2.25. The Hall–Kier alpha value is -1.43. The molecule has 5 nitrogen and oxygen atoms in total. The average molecular weight is 294 g/mol. The van der Waals surface area contributed by atoms with E-state index in [1.807, 2.05) is 12.1 Å². The van der Waals surface area contributed by atoms with Crippen molar-refractivity contribution in [3.63, 3.8) is 0 Å². The van der Waals surface area contributed by atoms with Crippen LogP contribution in [0.5, 0.6) is 0 Å². The van der Waals surface area contributed by atoms with E-state index in [2.05, 4.69) is 10.2 Å². The standard InChI is InChI=1S/C14H16ClN3O2/c15-10-3-1-9(2-4-10)14-18-17-13(20-14)7-12-6-5-11(16)8-19-12/h1-4,11-12H,5-8,16H2/t11-,12+/m1/s1. The van der Waals surface area contributed by atoms with Crippen LogP contribution in [0.1, 0.15) is 18.7 Å². The van der Waals surface area contributed by atoms with Gasteiger partial charge in [0.2, 0.25) is 11.8 Å². The number of rotatable bonds is 3. The van der Waals surface area contributed by atoms with Gasteiger partial charge in [-0.25, -0.2) is 0 Å². The van der Waals surface area contributed by atoms with Crippen molar-refractivity contribution < 1.29 is 9.15 Å². The van der Waals surface area contributed by atoms with Crippen LogP contribution in [0.2, 0.25) is 5.02 Å². The molecule has 0 spiro atoms. The lowest BCUT2D eigenvalue weighted by molar-refractivity contribution is 0.00281. The molecule has 0 amide bonds. The van der Waals surface area contributed by atoms with Crippen LogP contribution in [0.4, 0.5) is 0 Å². The predicted octanol–water partition coefficient (Wildman–Crippen LogP) is 2.44. The van der Waals surface area contributed by atoms with Gasteiger partial charge in [0.05, 0.1) is 19.1 Å². The molecule has 1 aromatic heterocycles. The molecule has 1 aromatic carbocycles. The second-order valence-electron chi connectivity index (χ2n) is 5.00. The number of halogens is 1. The van der Waals surface area contributed by atoms with E-state index < -0.39 is 0 Å². The molecule has 2 N–H and O–H groups in total. The molecule has 1 saturated heterocycles. The van der Waals surface area contributed by atoms with E-state index in [0.29, 0.717) is 29.8 Å². The SMILES string of the molecule is N[C@@H]1CC[C@@H](Cc2nnc(-c3ccc(Cl)cc3)o2)OC1. The minimum atomic E-state index is 0.119. The lowest BCUT2D eigenvalue weighted by Crippen LogP contribution is -2.36. The van der Waals surface area contributed by atoms with E-state index >= 15 is 0 Å². The van der Waals surface area contributed by atoms with Gasteiger partial charge in [0.25, 0.3) is 0 Å². The number of benzene rings is 1. The first kappa shape index (κ1) is 13.5. The maximum Gasteiger partial charge on any atom is 0.247 e. The largest absolute Gasteiger partial charge is 0.421 e. The maximum absolute atomic E-state index is 5.85. The fourth-order valence-electron chi connectivity index (χ4n) is 2.23. The van der Waals surface area contributed by atoms with Gasteiger partial charge in [-0.05, 0) is 37.1 Å². The third-order valence-electron chi connectivity index (χ3n) is 3.37. The highest BCUT2D eigenvalue weighted by molar-refractivity contribution is 6.30. The average Bonchev–Trinajstić information content (AvgIpc) is 2.91. The lowest BCUT2D eigenvalue weighted by atomic mass is 10.0. The number of aromatic nitrogens is 2. The Kier molecular flexibility index (Phi) is 4.00. The molecule has 0 unspecified atom stereocenters. The summed E-state index contributed by atoms with van der Waals surface area (Å²) in [6.45, 7) is 0.600. The Morgan fingerprint density at radius 2 is 2.00 bits per heavy atom. The van der Waals surface area contributed by atoms with Crippen LogP contribution in [-0.4, -0.2) is 29.0 Å². The van der Waals surface area contributed by atoms with Gasteiger partial charge in [0.15, 0.2) is 0 Å². The first-order chi connectivity index (χ1) is 9.70. The van der Waals surface area contributed by atoms with Gasteiger partial charge in [-0.3, -0.25) is 0 Å². The highest BCUT2D eigenvalue weighted by Gasteiger charge is 2.21. The summed E-state index contributed by atoms with van der Waals surface area (Å²) < 4.78 is 11.3. The van der Waals surface area contributed by atoms with Crippen LogP contribution >= 0.6 is 11.6 Å². The van der Waals surface area contributed by atoms with Crippen molar-refractivity contribution in [3.8, 4) is 11.5 Å². The monoisotopic (exact) mass is 293 g/mol. The summed E-state index contributed by atoms with van der Waals surface area (Å²) in [6.07, 6.45) is 2.66. The molecule has 2 atom stereocenters. The summed E-state index contributed by atoms with van der Waals surface area (Å²) in [6, 6.07) is 7.46. The van der Waals surface area contributed by atoms with Crippen LogP contribution in [0.25, 0.3) is 11.5 Å². The zero-order valence-electron chi connectivity index (χ0n) is 11.0. The van der Waals surface area contributed by atoms with E-state index in [4.69, 9.17) is 26.5 Å². The fourth-order valence-corrected chi connectivity index (χ4v) is 2.35. The van der Waals surface area contributed by atoms with Gasteiger partial charge >= 0.3 is 0 Å². The zero-order valence-corrected chi connectivity index (χ0v) is 11.7. The summed E-state index contributed by atoms with van der Waals surface area (Å²) in [5.74, 6) is 1.10. The number of nitrogens with zero attached hydrogens (tertiary/aromatic N) is 2. The second kappa shape index (κ2) is 5.91. The summed E-state index contributed by atoms with van der Waals surface area (Å²) in [5, 5.41) is 8.80. The first-order valence-corrected chi connectivity index (χ1v) is 7.04. The molecule has 106 valence electrons. The molecule has 2 heterocycles. The van der Waals surface area contributed by atoms with E-state index in [1.54, 1.807) is 12.1 Å². The highest BCUT2D eigenvalue weighted by Crippen LogP contribution is 2.22. The van der Waals surface area contributed by atoms with Gasteiger partial charge in [0.1, 0.15) is 0 Å². The van der Waals surface area contributed by atoms with Crippen molar-refractivity contribution in [1.29, 1.82) is 0 Å². The van der Waals surface area contributed by atoms with Gasteiger partial charge in [-0.15, -0.1) is 10.2 Å². The number of hydrogen-bond acceptors (Lipinski definition) is 5. The summed E-state index contributed by atoms with van der Waals surface area (Å²) >= 11 is 5.85. The number of hydrogen-bond donors (Lipinski definition) is 1. The van der Waals surface area contributed by atoms with Gasteiger partial charge in [0, 0.05) is 16.6 Å².